The monoisotopic (exact) mass is 283 g/mol. The first kappa shape index (κ1) is 12.9. The van der Waals surface area contributed by atoms with E-state index in [0.717, 1.165) is 22.3 Å². The number of fused-ring (bicyclic) bond motifs is 1. The van der Waals surface area contributed by atoms with Crippen molar-refractivity contribution in [2.24, 2.45) is 0 Å². The minimum atomic E-state index is 0.642. The lowest BCUT2D eigenvalue weighted by atomic mass is 10.0. The fourth-order valence-electron chi connectivity index (χ4n) is 2.22. The van der Waals surface area contributed by atoms with Crippen LogP contribution >= 0.6 is 11.6 Å². The molecular formula is C17H14ClNO. The predicted molar refractivity (Wildman–Crippen MR) is 82.6 cm³/mol. The molecule has 0 unspecified atom stereocenters. The smallest absolute Gasteiger partial charge is 0.213 e. The summed E-state index contributed by atoms with van der Waals surface area (Å²) in [5.41, 5.74) is 3.45. The van der Waals surface area contributed by atoms with Gasteiger partial charge < -0.3 is 4.74 Å². The van der Waals surface area contributed by atoms with Gasteiger partial charge in [0.1, 0.15) is 0 Å². The molecule has 0 aliphatic carbocycles. The average molecular weight is 284 g/mol. The van der Waals surface area contributed by atoms with Gasteiger partial charge in [0.05, 0.1) is 12.6 Å². The van der Waals surface area contributed by atoms with Crippen LogP contribution in [0.15, 0.2) is 54.6 Å². The van der Waals surface area contributed by atoms with E-state index in [9.17, 15) is 0 Å². The van der Waals surface area contributed by atoms with Gasteiger partial charge in [0, 0.05) is 16.5 Å². The molecule has 2 aromatic carbocycles. The third-order valence-electron chi connectivity index (χ3n) is 3.26. The first-order chi connectivity index (χ1) is 9.74. The summed E-state index contributed by atoms with van der Waals surface area (Å²) in [4.78, 5) is 4.41. The molecule has 3 heteroatoms. The van der Waals surface area contributed by atoms with Crippen molar-refractivity contribution in [1.29, 1.82) is 0 Å². The van der Waals surface area contributed by atoms with Crippen LogP contribution in [-0.4, -0.2) is 12.1 Å². The SMILES string of the molecule is COc1ccc2cc(Cc3ccc(Cl)cc3)ccc2n1. The lowest BCUT2D eigenvalue weighted by molar-refractivity contribution is 0.399. The van der Waals surface area contributed by atoms with Gasteiger partial charge >= 0.3 is 0 Å². The van der Waals surface area contributed by atoms with Crippen LogP contribution in [-0.2, 0) is 6.42 Å². The lowest BCUT2D eigenvalue weighted by Crippen LogP contribution is -1.91. The van der Waals surface area contributed by atoms with Crippen molar-refractivity contribution in [1.82, 2.24) is 4.98 Å². The Hall–Kier alpha value is -2.06. The number of halogens is 1. The Bertz CT molecular complexity index is 738. The number of hydrogen-bond donors (Lipinski definition) is 0. The first-order valence-corrected chi connectivity index (χ1v) is 6.80. The molecule has 3 aromatic rings. The summed E-state index contributed by atoms with van der Waals surface area (Å²) >= 11 is 5.90. The van der Waals surface area contributed by atoms with Gasteiger partial charge in [-0.3, -0.25) is 0 Å². The Morgan fingerprint density at radius 1 is 0.950 bits per heavy atom. The summed E-state index contributed by atoms with van der Waals surface area (Å²) in [6, 6.07) is 18.2. The number of methoxy groups -OCH3 is 1. The van der Waals surface area contributed by atoms with Crippen molar-refractivity contribution in [3.8, 4) is 5.88 Å². The molecule has 0 saturated heterocycles. The summed E-state index contributed by atoms with van der Waals surface area (Å²) in [7, 11) is 1.63. The highest BCUT2D eigenvalue weighted by Crippen LogP contribution is 2.20. The topological polar surface area (TPSA) is 22.1 Å². The number of rotatable bonds is 3. The summed E-state index contributed by atoms with van der Waals surface area (Å²) in [6.07, 6.45) is 0.888. The number of aromatic nitrogens is 1. The van der Waals surface area contributed by atoms with E-state index >= 15 is 0 Å². The van der Waals surface area contributed by atoms with Crippen molar-refractivity contribution >= 4 is 22.5 Å². The van der Waals surface area contributed by atoms with Crippen LogP contribution in [0.2, 0.25) is 5.02 Å². The average Bonchev–Trinajstić information content (AvgIpc) is 2.49. The molecule has 0 N–H and O–H groups in total. The quantitative estimate of drug-likeness (QED) is 0.707. The van der Waals surface area contributed by atoms with E-state index in [0.29, 0.717) is 5.88 Å². The zero-order chi connectivity index (χ0) is 13.9. The Labute approximate surface area is 123 Å². The Kier molecular flexibility index (Phi) is 3.57. The molecule has 3 rings (SSSR count). The summed E-state index contributed by atoms with van der Waals surface area (Å²) in [6.45, 7) is 0. The maximum atomic E-state index is 5.90. The third-order valence-corrected chi connectivity index (χ3v) is 3.51. The van der Waals surface area contributed by atoms with Crippen LogP contribution in [0.25, 0.3) is 10.9 Å². The molecular weight excluding hydrogens is 270 g/mol. The van der Waals surface area contributed by atoms with E-state index in [-0.39, 0.29) is 0 Å². The van der Waals surface area contributed by atoms with Gasteiger partial charge in [-0.2, -0.15) is 0 Å². The minimum absolute atomic E-state index is 0.642. The van der Waals surface area contributed by atoms with Crippen molar-refractivity contribution in [2.75, 3.05) is 7.11 Å². The highest BCUT2D eigenvalue weighted by atomic mass is 35.5. The Morgan fingerprint density at radius 2 is 1.70 bits per heavy atom. The number of nitrogens with zero attached hydrogens (tertiary/aromatic N) is 1. The van der Waals surface area contributed by atoms with Crippen molar-refractivity contribution in [3.05, 3.63) is 70.7 Å². The zero-order valence-electron chi connectivity index (χ0n) is 11.1. The Morgan fingerprint density at radius 3 is 2.45 bits per heavy atom. The van der Waals surface area contributed by atoms with E-state index in [2.05, 4.69) is 29.2 Å². The molecule has 20 heavy (non-hydrogen) atoms. The number of ether oxygens (including phenoxy) is 1. The molecule has 0 radical (unpaired) electrons. The molecule has 0 spiro atoms. The van der Waals surface area contributed by atoms with Crippen LogP contribution in [0.3, 0.4) is 0 Å². The summed E-state index contributed by atoms with van der Waals surface area (Å²) in [5, 5.41) is 1.89. The second-order valence-electron chi connectivity index (χ2n) is 4.68. The van der Waals surface area contributed by atoms with E-state index < -0.39 is 0 Å². The van der Waals surface area contributed by atoms with Gasteiger partial charge in [-0.15, -0.1) is 0 Å². The van der Waals surface area contributed by atoms with E-state index in [4.69, 9.17) is 16.3 Å². The molecule has 0 saturated carbocycles. The van der Waals surface area contributed by atoms with Crippen LogP contribution in [0.1, 0.15) is 11.1 Å². The number of hydrogen-bond acceptors (Lipinski definition) is 2. The maximum Gasteiger partial charge on any atom is 0.213 e. The first-order valence-electron chi connectivity index (χ1n) is 6.43. The van der Waals surface area contributed by atoms with Gasteiger partial charge in [-0.25, -0.2) is 4.98 Å². The van der Waals surface area contributed by atoms with Gasteiger partial charge in [-0.1, -0.05) is 29.8 Å². The normalized spacial score (nSPS) is 10.7. The van der Waals surface area contributed by atoms with Crippen LogP contribution in [0.4, 0.5) is 0 Å². The molecule has 1 heterocycles. The second-order valence-corrected chi connectivity index (χ2v) is 5.12. The maximum absolute atomic E-state index is 5.90. The van der Waals surface area contributed by atoms with Gasteiger partial charge in [0.15, 0.2) is 0 Å². The van der Waals surface area contributed by atoms with E-state index in [1.165, 1.54) is 11.1 Å². The highest BCUT2D eigenvalue weighted by Gasteiger charge is 2.01. The van der Waals surface area contributed by atoms with Crippen LogP contribution in [0, 0.1) is 0 Å². The second kappa shape index (κ2) is 5.51. The predicted octanol–water partition coefficient (Wildman–Crippen LogP) is 4.49. The third kappa shape index (κ3) is 2.75. The number of benzene rings is 2. The lowest BCUT2D eigenvalue weighted by Gasteiger charge is -2.05. The molecule has 0 aliphatic heterocycles. The highest BCUT2D eigenvalue weighted by molar-refractivity contribution is 6.30. The van der Waals surface area contributed by atoms with E-state index in [1.807, 2.05) is 30.3 Å². The minimum Gasteiger partial charge on any atom is -0.481 e. The van der Waals surface area contributed by atoms with Crippen LogP contribution < -0.4 is 4.74 Å². The molecule has 2 nitrogen and oxygen atoms in total. The van der Waals surface area contributed by atoms with Gasteiger partial charge in [-0.05, 0) is 47.9 Å². The van der Waals surface area contributed by atoms with Crippen molar-refractivity contribution in [3.63, 3.8) is 0 Å². The summed E-state index contributed by atoms with van der Waals surface area (Å²) in [5.74, 6) is 0.642. The fourth-order valence-corrected chi connectivity index (χ4v) is 2.34. The standard InChI is InChI=1S/C17H14ClNO/c1-20-17-9-5-14-11-13(4-8-16(14)19-17)10-12-2-6-15(18)7-3-12/h2-9,11H,10H2,1H3. The molecule has 0 amide bonds. The molecule has 0 fully saturated rings. The Balaban J connectivity index is 1.90. The molecule has 0 bridgehead atoms. The zero-order valence-corrected chi connectivity index (χ0v) is 11.9. The summed E-state index contributed by atoms with van der Waals surface area (Å²) < 4.78 is 5.14. The molecule has 1 aromatic heterocycles. The van der Waals surface area contributed by atoms with Crippen molar-refractivity contribution in [2.45, 2.75) is 6.42 Å². The fraction of sp³-hybridized carbons (Fsp3) is 0.118. The van der Waals surface area contributed by atoms with E-state index in [1.54, 1.807) is 7.11 Å². The molecule has 0 aliphatic rings. The molecule has 0 atom stereocenters. The van der Waals surface area contributed by atoms with Gasteiger partial charge in [0.2, 0.25) is 5.88 Å². The van der Waals surface area contributed by atoms with Gasteiger partial charge in [0.25, 0.3) is 0 Å². The largest absolute Gasteiger partial charge is 0.481 e. The van der Waals surface area contributed by atoms with Crippen molar-refractivity contribution < 1.29 is 4.74 Å². The number of pyridine rings is 1. The van der Waals surface area contributed by atoms with Crippen LogP contribution in [0.5, 0.6) is 5.88 Å². The molecule has 100 valence electrons.